The van der Waals surface area contributed by atoms with E-state index in [4.69, 9.17) is 0 Å². The summed E-state index contributed by atoms with van der Waals surface area (Å²) in [5, 5.41) is 9.49. The van der Waals surface area contributed by atoms with Gasteiger partial charge in [-0.1, -0.05) is 19.8 Å². The highest BCUT2D eigenvalue weighted by Gasteiger charge is 2.27. The molecule has 63 valence electrons. The molecule has 2 heteroatoms. The van der Waals surface area contributed by atoms with E-state index in [1.54, 1.807) is 0 Å². The zero-order valence-electron chi connectivity index (χ0n) is 6.92. The van der Waals surface area contributed by atoms with Gasteiger partial charge in [-0.2, -0.15) is 0 Å². The van der Waals surface area contributed by atoms with Crippen LogP contribution in [0.25, 0.3) is 0 Å². The molecule has 0 bridgehead atoms. The van der Waals surface area contributed by atoms with Crippen LogP contribution in [0.5, 0.6) is 0 Å². The first kappa shape index (κ1) is 8.72. The summed E-state index contributed by atoms with van der Waals surface area (Å²) < 4.78 is 0. The van der Waals surface area contributed by atoms with E-state index in [0.717, 1.165) is 25.7 Å². The number of aliphatic hydroxyl groups is 1. The van der Waals surface area contributed by atoms with Gasteiger partial charge in [0.25, 0.3) is 0 Å². The first-order valence-electron chi connectivity index (χ1n) is 4.31. The minimum Gasteiger partial charge on any atom is -0.393 e. The molecule has 0 saturated heterocycles. The highest BCUT2D eigenvalue weighted by Crippen LogP contribution is 2.29. The number of hydrogen-bond donors (Lipinski definition) is 1. The Morgan fingerprint density at radius 3 is 2.64 bits per heavy atom. The van der Waals surface area contributed by atoms with Gasteiger partial charge in [0.2, 0.25) is 6.29 Å². The van der Waals surface area contributed by atoms with Crippen molar-refractivity contribution in [3.8, 4) is 0 Å². The maximum absolute atomic E-state index is 10.3. The van der Waals surface area contributed by atoms with Crippen molar-refractivity contribution in [2.45, 2.75) is 38.7 Å². The lowest BCUT2D eigenvalue weighted by atomic mass is 9.79. The number of hydrogen-bond acceptors (Lipinski definition) is 2. The average Bonchev–Trinajstić information content (AvgIpc) is 2.04. The predicted molar refractivity (Wildman–Crippen MR) is 42.8 cm³/mol. The van der Waals surface area contributed by atoms with Crippen molar-refractivity contribution in [1.29, 1.82) is 0 Å². The average molecular weight is 155 g/mol. The summed E-state index contributed by atoms with van der Waals surface area (Å²) in [4.78, 5) is 10.3. The summed E-state index contributed by atoms with van der Waals surface area (Å²) in [6.07, 6.45) is 5.78. The Bertz CT molecular complexity index is 134. The van der Waals surface area contributed by atoms with E-state index in [1.807, 2.05) is 13.2 Å². The predicted octanol–water partition coefficient (Wildman–Crippen LogP) is 1.28. The van der Waals surface area contributed by atoms with Gasteiger partial charge in [-0.05, 0) is 18.8 Å². The zero-order chi connectivity index (χ0) is 8.27. The standard InChI is InChI=1S/C9H15O2/c1-7(6-10)8-4-2-3-5-9(8)11/h7-9,11H,2-5H2,1H3. The third-order valence-electron chi connectivity index (χ3n) is 2.61. The molecule has 1 saturated carbocycles. The van der Waals surface area contributed by atoms with Crippen LogP contribution < -0.4 is 0 Å². The van der Waals surface area contributed by atoms with Gasteiger partial charge in [0.05, 0.1) is 6.10 Å². The largest absolute Gasteiger partial charge is 0.393 e. The minimum absolute atomic E-state index is 0.0923. The van der Waals surface area contributed by atoms with E-state index in [9.17, 15) is 9.90 Å². The van der Waals surface area contributed by atoms with Crippen molar-refractivity contribution < 1.29 is 9.90 Å². The van der Waals surface area contributed by atoms with E-state index >= 15 is 0 Å². The Balaban J connectivity index is 2.46. The van der Waals surface area contributed by atoms with E-state index in [-0.39, 0.29) is 17.9 Å². The molecule has 3 unspecified atom stereocenters. The van der Waals surface area contributed by atoms with E-state index < -0.39 is 0 Å². The molecular weight excluding hydrogens is 140 g/mol. The van der Waals surface area contributed by atoms with Crippen LogP contribution in [0.3, 0.4) is 0 Å². The highest BCUT2D eigenvalue weighted by atomic mass is 16.3. The van der Waals surface area contributed by atoms with Crippen LogP contribution >= 0.6 is 0 Å². The molecule has 0 aromatic carbocycles. The SMILES string of the molecule is CC([C]=O)C1CCCCC1O. The third-order valence-corrected chi connectivity index (χ3v) is 2.61. The van der Waals surface area contributed by atoms with Crippen molar-refractivity contribution in [2.75, 3.05) is 0 Å². The molecule has 0 aliphatic heterocycles. The zero-order valence-corrected chi connectivity index (χ0v) is 6.92. The molecule has 0 aromatic heterocycles. The molecule has 3 atom stereocenters. The molecule has 1 radical (unpaired) electrons. The van der Waals surface area contributed by atoms with E-state index in [2.05, 4.69) is 0 Å². The van der Waals surface area contributed by atoms with Gasteiger partial charge in [-0.25, -0.2) is 0 Å². The van der Waals surface area contributed by atoms with Crippen molar-refractivity contribution >= 4 is 6.29 Å². The monoisotopic (exact) mass is 155 g/mol. The van der Waals surface area contributed by atoms with Crippen LogP contribution in [-0.2, 0) is 4.79 Å². The summed E-state index contributed by atoms with van der Waals surface area (Å²) in [5.41, 5.74) is 0. The van der Waals surface area contributed by atoms with Crippen molar-refractivity contribution in [2.24, 2.45) is 11.8 Å². The first-order chi connectivity index (χ1) is 5.25. The summed E-state index contributed by atoms with van der Waals surface area (Å²) in [6, 6.07) is 0. The molecule has 11 heavy (non-hydrogen) atoms. The summed E-state index contributed by atoms with van der Waals surface area (Å²) >= 11 is 0. The molecule has 1 rings (SSSR count). The maximum Gasteiger partial charge on any atom is 0.201 e. The molecule has 0 spiro atoms. The first-order valence-corrected chi connectivity index (χ1v) is 4.31. The van der Waals surface area contributed by atoms with Gasteiger partial charge in [-0.15, -0.1) is 0 Å². The van der Waals surface area contributed by atoms with Gasteiger partial charge in [-0.3, -0.25) is 4.79 Å². The van der Waals surface area contributed by atoms with Crippen LogP contribution in [0.2, 0.25) is 0 Å². The number of carbonyl (C=O) groups excluding carboxylic acids is 1. The lowest BCUT2D eigenvalue weighted by Gasteiger charge is -2.29. The van der Waals surface area contributed by atoms with E-state index in [1.165, 1.54) is 0 Å². The molecule has 2 nitrogen and oxygen atoms in total. The molecule has 0 amide bonds. The van der Waals surface area contributed by atoms with E-state index in [0.29, 0.717) is 0 Å². The number of rotatable bonds is 2. The fourth-order valence-electron chi connectivity index (χ4n) is 1.81. The second-order valence-electron chi connectivity index (χ2n) is 3.42. The Hall–Kier alpha value is -0.370. The topological polar surface area (TPSA) is 37.3 Å². The maximum atomic E-state index is 10.3. The normalized spacial score (nSPS) is 34.7. The van der Waals surface area contributed by atoms with Crippen LogP contribution in [-0.4, -0.2) is 17.5 Å². The Labute approximate surface area is 67.6 Å². The van der Waals surface area contributed by atoms with Crippen molar-refractivity contribution in [3.63, 3.8) is 0 Å². The van der Waals surface area contributed by atoms with Gasteiger partial charge in [0, 0.05) is 5.92 Å². The molecule has 1 fully saturated rings. The van der Waals surface area contributed by atoms with Crippen LogP contribution in [0, 0.1) is 11.8 Å². The summed E-state index contributed by atoms with van der Waals surface area (Å²) in [7, 11) is 0. The van der Waals surface area contributed by atoms with Crippen LogP contribution in [0.4, 0.5) is 0 Å². The molecule has 1 aliphatic carbocycles. The van der Waals surface area contributed by atoms with Gasteiger partial charge < -0.3 is 5.11 Å². The Kier molecular flexibility index (Phi) is 3.06. The third kappa shape index (κ3) is 2.03. The fourth-order valence-corrected chi connectivity index (χ4v) is 1.81. The highest BCUT2D eigenvalue weighted by molar-refractivity contribution is 5.54. The second-order valence-corrected chi connectivity index (χ2v) is 3.42. The number of aliphatic hydroxyl groups excluding tert-OH is 1. The summed E-state index contributed by atoms with van der Waals surface area (Å²) in [5.74, 6) is 0.0755. The molecule has 1 aliphatic rings. The quantitative estimate of drug-likeness (QED) is 0.652. The second kappa shape index (κ2) is 3.86. The molecular formula is C9H15O2. The van der Waals surface area contributed by atoms with Crippen molar-refractivity contribution in [3.05, 3.63) is 0 Å². The van der Waals surface area contributed by atoms with Crippen LogP contribution in [0.15, 0.2) is 0 Å². The van der Waals surface area contributed by atoms with Gasteiger partial charge in [0.1, 0.15) is 0 Å². The van der Waals surface area contributed by atoms with Crippen molar-refractivity contribution in [1.82, 2.24) is 0 Å². The lowest BCUT2D eigenvalue weighted by Crippen LogP contribution is -2.30. The van der Waals surface area contributed by atoms with Gasteiger partial charge in [0.15, 0.2) is 0 Å². The van der Waals surface area contributed by atoms with Gasteiger partial charge >= 0.3 is 0 Å². The summed E-state index contributed by atoms with van der Waals surface area (Å²) in [6.45, 7) is 1.84. The van der Waals surface area contributed by atoms with Crippen LogP contribution in [0.1, 0.15) is 32.6 Å². The Morgan fingerprint density at radius 1 is 1.45 bits per heavy atom. The minimum atomic E-state index is -0.264. The molecule has 1 N–H and O–H groups in total. The Morgan fingerprint density at radius 2 is 2.09 bits per heavy atom. The molecule has 0 heterocycles. The smallest absolute Gasteiger partial charge is 0.201 e. The molecule has 0 aromatic rings. The lowest BCUT2D eigenvalue weighted by molar-refractivity contribution is 0.0550. The fraction of sp³-hybridized carbons (Fsp3) is 0.889.